The normalized spacial score (nSPS) is 25.6. The lowest BCUT2D eigenvalue weighted by Crippen LogP contribution is -2.56. The highest BCUT2D eigenvalue weighted by Crippen LogP contribution is 2.42. The van der Waals surface area contributed by atoms with Crippen molar-refractivity contribution in [3.05, 3.63) is 46.6 Å². The first-order valence-electron chi connectivity index (χ1n) is 11.6. The number of ether oxygens (including phenoxy) is 1. The van der Waals surface area contributed by atoms with Crippen molar-refractivity contribution in [2.24, 2.45) is 0 Å². The van der Waals surface area contributed by atoms with Gasteiger partial charge in [-0.1, -0.05) is 29.8 Å². The zero-order valence-corrected chi connectivity index (χ0v) is 20.3. The minimum Gasteiger partial charge on any atom is -0.444 e. The molecule has 0 aromatic heterocycles. The maximum absolute atomic E-state index is 13.0. The molecule has 33 heavy (non-hydrogen) atoms. The number of rotatable bonds is 4. The van der Waals surface area contributed by atoms with Gasteiger partial charge in [0.2, 0.25) is 5.91 Å². The predicted molar refractivity (Wildman–Crippen MR) is 126 cm³/mol. The van der Waals surface area contributed by atoms with Crippen LogP contribution in [-0.4, -0.2) is 59.0 Å². The zero-order valence-electron chi connectivity index (χ0n) is 19.5. The van der Waals surface area contributed by atoms with Gasteiger partial charge in [0.25, 0.3) is 5.91 Å². The molecule has 0 unspecified atom stereocenters. The lowest BCUT2D eigenvalue weighted by molar-refractivity contribution is -0.147. The standard InChI is InChI=1S/C25H32ClN3O4/c1-24(2,3)33-23(32)27-16-25(17-6-4-7-18(26)14-17)11-9-19(10-12-25)29-15-21(30)28-13-5-8-20(28)22(29)31/h4,6-8,14,19H,5,9-13,15-16H2,1-3H3,(H,27,32). The van der Waals surface area contributed by atoms with Crippen molar-refractivity contribution < 1.29 is 19.1 Å². The van der Waals surface area contributed by atoms with Gasteiger partial charge in [-0.15, -0.1) is 0 Å². The van der Waals surface area contributed by atoms with Crippen LogP contribution in [0.2, 0.25) is 5.02 Å². The number of benzene rings is 1. The molecule has 3 amide bonds. The second-order valence-electron chi connectivity index (χ2n) is 10.2. The number of nitrogens with one attached hydrogen (secondary N) is 1. The van der Waals surface area contributed by atoms with E-state index in [1.165, 1.54) is 0 Å². The minimum atomic E-state index is -0.574. The van der Waals surface area contributed by atoms with Crippen molar-refractivity contribution in [3.8, 4) is 0 Å². The highest BCUT2D eigenvalue weighted by Gasteiger charge is 2.44. The van der Waals surface area contributed by atoms with E-state index >= 15 is 0 Å². The average molecular weight is 474 g/mol. The molecular formula is C25H32ClN3O4. The maximum Gasteiger partial charge on any atom is 0.407 e. The molecule has 8 heteroatoms. The van der Waals surface area contributed by atoms with Gasteiger partial charge in [0, 0.05) is 29.6 Å². The van der Waals surface area contributed by atoms with Crippen molar-refractivity contribution >= 4 is 29.5 Å². The number of hydrogen-bond donors (Lipinski definition) is 1. The highest BCUT2D eigenvalue weighted by molar-refractivity contribution is 6.30. The third kappa shape index (κ3) is 5.03. The Balaban J connectivity index is 1.50. The van der Waals surface area contributed by atoms with E-state index < -0.39 is 11.7 Å². The first kappa shape index (κ1) is 23.6. The van der Waals surface area contributed by atoms with Crippen molar-refractivity contribution in [2.45, 2.75) is 69.9 Å². The van der Waals surface area contributed by atoms with Gasteiger partial charge in [0.15, 0.2) is 0 Å². The van der Waals surface area contributed by atoms with Gasteiger partial charge in [0.1, 0.15) is 17.8 Å². The molecule has 1 N–H and O–H groups in total. The molecule has 1 aliphatic carbocycles. The largest absolute Gasteiger partial charge is 0.444 e. The van der Waals surface area contributed by atoms with Crippen molar-refractivity contribution in [3.63, 3.8) is 0 Å². The summed E-state index contributed by atoms with van der Waals surface area (Å²) < 4.78 is 5.44. The van der Waals surface area contributed by atoms with Crippen LogP contribution in [0.4, 0.5) is 4.79 Å². The van der Waals surface area contributed by atoms with Gasteiger partial charge < -0.3 is 19.9 Å². The molecule has 4 rings (SSSR count). The lowest BCUT2D eigenvalue weighted by atomic mass is 9.67. The smallest absolute Gasteiger partial charge is 0.407 e. The monoisotopic (exact) mass is 473 g/mol. The topological polar surface area (TPSA) is 79.0 Å². The Morgan fingerprint density at radius 3 is 2.64 bits per heavy atom. The zero-order chi connectivity index (χ0) is 23.8. The molecule has 0 radical (unpaired) electrons. The number of carbonyl (C=O) groups is 3. The summed E-state index contributed by atoms with van der Waals surface area (Å²) in [5, 5.41) is 3.60. The second-order valence-corrected chi connectivity index (χ2v) is 10.7. The van der Waals surface area contributed by atoms with E-state index in [1.54, 1.807) is 9.80 Å². The van der Waals surface area contributed by atoms with E-state index in [2.05, 4.69) is 5.32 Å². The average Bonchev–Trinajstić information content (AvgIpc) is 3.25. The van der Waals surface area contributed by atoms with Gasteiger partial charge >= 0.3 is 6.09 Å². The number of nitrogens with zero attached hydrogens (tertiary/aromatic N) is 2. The fourth-order valence-corrected chi connectivity index (χ4v) is 5.37. The van der Waals surface area contributed by atoms with Crippen molar-refractivity contribution in [1.29, 1.82) is 0 Å². The van der Waals surface area contributed by atoms with Gasteiger partial charge in [0.05, 0.1) is 0 Å². The molecule has 0 bridgehead atoms. The van der Waals surface area contributed by atoms with E-state index in [4.69, 9.17) is 16.3 Å². The van der Waals surface area contributed by atoms with Crippen LogP contribution >= 0.6 is 11.6 Å². The molecule has 0 atom stereocenters. The summed E-state index contributed by atoms with van der Waals surface area (Å²) in [5.41, 5.74) is 0.703. The molecule has 1 aromatic carbocycles. The van der Waals surface area contributed by atoms with Crippen molar-refractivity contribution in [2.75, 3.05) is 19.6 Å². The molecule has 1 saturated heterocycles. The number of alkyl carbamates (subject to hydrolysis) is 1. The Bertz CT molecular complexity index is 976. The van der Waals surface area contributed by atoms with Gasteiger partial charge in [-0.2, -0.15) is 0 Å². The Morgan fingerprint density at radius 2 is 1.97 bits per heavy atom. The Labute approximate surface area is 200 Å². The SMILES string of the molecule is CC(C)(C)OC(=O)NCC1(c2cccc(Cl)c2)CCC(N2CC(=O)N3CCC=C3C2=O)CC1. The van der Waals surface area contributed by atoms with E-state index in [0.29, 0.717) is 23.8 Å². The van der Waals surface area contributed by atoms with Crippen LogP contribution in [0.1, 0.15) is 58.4 Å². The van der Waals surface area contributed by atoms with Crippen LogP contribution in [0.25, 0.3) is 0 Å². The van der Waals surface area contributed by atoms with Crippen LogP contribution in [0, 0.1) is 0 Å². The molecule has 0 spiro atoms. The molecule has 2 fully saturated rings. The Hall–Kier alpha value is -2.54. The summed E-state index contributed by atoms with van der Waals surface area (Å²) in [6, 6.07) is 7.76. The van der Waals surface area contributed by atoms with Crippen LogP contribution in [0.3, 0.4) is 0 Å². The first-order valence-corrected chi connectivity index (χ1v) is 12.0. The number of hydrogen-bond acceptors (Lipinski definition) is 4. The van der Waals surface area contributed by atoms with E-state index in [1.807, 2.05) is 51.1 Å². The summed E-state index contributed by atoms with van der Waals surface area (Å²) >= 11 is 6.30. The van der Waals surface area contributed by atoms with Gasteiger partial charge in [-0.3, -0.25) is 9.59 Å². The third-order valence-electron chi connectivity index (χ3n) is 6.83. The molecule has 2 heterocycles. The minimum absolute atomic E-state index is 0.000985. The predicted octanol–water partition coefficient (Wildman–Crippen LogP) is 4.00. The molecule has 7 nitrogen and oxygen atoms in total. The number of amides is 3. The van der Waals surface area contributed by atoms with Crippen LogP contribution < -0.4 is 5.32 Å². The molecular weight excluding hydrogens is 442 g/mol. The summed E-state index contributed by atoms with van der Waals surface area (Å²) in [7, 11) is 0. The fourth-order valence-electron chi connectivity index (χ4n) is 5.18. The van der Waals surface area contributed by atoms with E-state index in [9.17, 15) is 14.4 Å². The van der Waals surface area contributed by atoms with Gasteiger partial charge in [-0.25, -0.2) is 4.79 Å². The number of carbonyl (C=O) groups excluding carboxylic acids is 3. The summed E-state index contributed by atoms with van der Waals surface area (Å²) in [4.78, 5) is 41.4. The summed E-state index contributed by atoms with van der Waals surface area (Å²) in [5.74, 6) is -0.0455. The summed E-state index contributed by atoms with van der Waals surface area (Å²) in [6.07, 6.45) is 5.17. The molecule has 2 aliphatic heterocycles. The number of halogens is 1. The second kappa shape index (κ2) is 9.01. The third-order valence-corrected chi connectivity index (χ3v) is 7.06. The number of fused-ring (bicyclic) bond motifs is 1. The van der Waals surface area contributed by atoms with Crippen LogP contribution in [-0.2, 0) is 19.7 Å². The van der Waals surface area contributed by atoms with E-state index in [-0.39, 0.29) is 29.8 Å². The first-order chi connectivity index (χ1) is 15.6. The van der Waals surface area contributed by atoms with E-state index in [0.717, 1.165) is 37.7 Å². The van der Waals surface area contributed by atoms with Crippen molar-refractivity contribution in [1.82, 2.24) is 15.1 Å². The maximum atomic E-state index is 13.0. The lowest BCUT2D eigenvalue weighted by Gasteiger charge is -2.45. The molecule has 178 valence electrons. The number of piperazine rings is 1. The Kier molecular flexibility index (Phi) is 6.45. The van der Waals surface area contributed by atoms with Crippen LogP contribution in [0.15, 0.2) is 36.0 Å². The molecule has 1 aromatic rings. The van der Waals surface area contributed by atoms with Crippen LogP contribution in [0.5, 0.6) is 0 Å². The fraction of sp³-hybridized carbons (Fsp3) is 0.560. The summed E-state index contributed by atoms with van der Waals surface area (Å²) in [6.45, 7) is 6.67. The quantitative estimate of drug-likeness (QED) is 0.716. The molecule has 3 aliphatic rings. The highest BCUT2D eigenvalue weighted by atomic mass is 35.5. The Morgan fingerprint density at radius 1 is 1.24 bits per heavy atom. The van der Waals surface area contributed by atoms with Gasteiger partial charge in [-0.05, 0) is 70.6 Å². The molecule has 1 saturated carbocycles.